The molecule has 1 aromatic heterocycles. The molecule has 6 heteroatoms. The van der Waals surface area contributed by atoms with Gasteiger partial charge in [0.05, 0.1) is 0 Å². The van der Waals surface area contributed by atoms with Crippen LogP contribution in [0.15, 0.2) is 46.4 Å². The van der Waals surface area contributed by atoms with Crippen LogP contribution in [-0.2, 0) is 0 Å². The molecule has 0 aliphatic carbocycles. The Morgan fingerprint density at radius 2 is 2.14 bits per heavy atom. The van der Waals surface area contributed by atoms with Crippen molar-refractivity contribution in [1.82, 2.24) is 4.98 Å². The SMILES string of the molecule is C\C(=C(Cl)/C=C\C(F)=C\Cl)C(C)Oc1cc(C)cnc1N. The summed E-state index contributed by atoms with van der Waals surface area (Å²) in [6, 6.07) is 1.80. The van der Waals surface area contributed by atoms with Gasteiger partial charge in [0, 0.05) is 16.8 Å². The molecule has 0 saturated heterocycles. The Morgan fingerprint density at radius 1 is 1.48 bits per heavy atom. The van der Waals surface area contributed by atoms with E-state index in [1.807, 2.05) is 13.8 Å². The second-order valence-corrected chi connectivity index (χ2v) is 5.14. The van der Waals surface area contributed by atoms with Crippen LogP contribution in [0.5, 0.6) is 5.75 Å². The highest BCUT2D eigenvalue weighted by Crippen LogP contribution is 2.25. The first-order chi connectivity index (χ1) is 9.85. The number of aromatic nitrogens is 1. The molecule has 3 nitrogen and oxygen atoms in total. The van der Waals surface area contributed by atoms with Gasteiger partial charge in [0.15, 0.2) is 11.6 Å². The Balaban J connectivity index is 2.89. The van der Waals surface area contributed by atoms with Crippen LogP contribution >= 0.6 is 23.2 Å². The Kier molecular flexibility index (Phi) is 6.72. The molecule has 0 radical (unpaired) electrons. The van der Waals surface area contributed by atoms with Crippen LogP contribution in [0, 0.1) is 6.92 Å². The van der Waals surface area contributed by atoms with E-state index in [4.69, 9.17) is 33.7 Å². The van der Waals surface area contributed by atoms with Crippen LogP contribution in [0.25, 0.3) is 0 Å². The smallest absolute Gasteiger partial charge is 0.166 e. The highest BCUT2D eigenvalue weighted by atomic mass is 35.5. The van der Waals surface area contributed by atoms with Crippen molar-refractivity contribution in [3.05, 3.63) is 51.9 Å². The van der Waals surface area contributed by atoms with E-state index < -0.39 is 5.83 Å². The molecule has 0 aliphatic heterocycles. The van der Waals surface area contributed by atoms with Crippen molar-refractivity contribution >= 4 is 29.0 Å². The highest BCUT2D eigenvalue weighted by Gasteiger charge is 2.12. The summed E-state index contributed by atoms with van der Waals surface area (Å²) in [4.78, 5) is 4.02. The quantitative estimate of drug-likeness (QED) is 0.784. The normalized spacial score (nSPS) is 15.0. The molecule has 1 rings (SSSR count). The number of ether oxygens (including phenoxy) is 1. The molecule has 0 bridgehead atoms. The summed E-state index contributed by atoms with van der Waals surface area (Å²) in [5.41, 5.74) is 8.26. The van der Waals surface area contributed by atoms with Crippen LogP contribution in [0.4, 0.5) is 10.2 Å². The monoisotopic (exact) mass is 330 g/mol. The largest absolute Gasteiger partial charge is 0.482 e. The summed E-state index contributed by atoms with van der Waals surface area (Å²) < 4.78 is 18.7. The number of rotatable bonds is 5. The molecule has 0 fully saturated rings. The number of nitrogens with zero attached hydrogens (tertiary/aromatic N) is 1. The summed E-state index contributed by atoms with van der Waals surface area (Å²) in [5, 5.41) is 0.371. The predicted octanol–water partition coefficient (Wildman–Crippen LogP) is 4.86. The number of aryl methyl sites for hydroxylation is 1. The number of pyridine rings is 1. The van der Waals surface area contributed by atoms with Gasteiger partial charge in [0.25, 0.3) is 0 Å². The fraction of sp³-hybridized carbons (Fsp3) is 0.267. The van der Waals surface area contributed by atoms with E-state index in [0.717, 1.165) is 16.7 Å². The predicted molar refractivity (Wildman–Crippen MR) is 86.2 cm³/mol. The molecule has 21 heavy (non-hydrogen) atoms. The van der Waals surface area contributed by atoms with Crippen molar-refractivity contribution in [3.63, 3.8) is 0 Å². The number of hydrogen-bond acceptors (Lipinski definition) is 3. The lowest BCUT2D eigenvalue weighted by Crippen LogP contribution is -2.15. The summed E-state index contributed by atoms with van der Waals surface area (Å²) in [6.07, 6.45) is 3.92. The maximum Gasteiger partial charge on any atom is 0.166 e. The van der Waals surface area contributed by atoms with Crippen molar-refractivity contribution in [2.75, 3.05) is 5.73 Å². The van der Waals surface area contributed by atoms with E-state index in [1.165, 1.54) is 12.2 Å². The third kappa shape index (κ3) is 5.40. The number of nitrogens with two attached hydrogens (primary N) is 1. The standard InChI is InChI=1S/C15H17Cl2FN2O/c1-9-6-14(15(19)20-8-9)21-11(3)10(2)13(17)5-4-12(18)7-16/h4-8,11H,1-3H3,(H2,19,20)/b5-4-,12-7-,13-10-. The van der Waals surface area contributed by atoms with Gasteiger partial charge in [0.1, 0.15) is 11.9 Å². The van der Waals surface area contributed by atoms with E-state index in [2.05, 4.69) is 4.98 Å². The number of anilines is 1. The molecule has 0 amide bonds. The molecular weight excluding hydrogens is 314 g/mol. The molecule has 1 heterocycles. The zero-order valence-corrected chi connectivity index (χ0v) is 13.5. The van der Waals surface area contributed by atoms with Crippen LogP contribution in [0.3, 0.4) is 0 Å². The summed E-state index contributed by atoms with van der Waals surface area (Å²) >= 11 is 11.3. The minimum atomic E-state index is -0.580. The van der Waals surface area contributed by atoms with Crippen molar-refractivity contribution in [2.45, 2.75) is 26.9 Å². The van der Waals surface area contributed by atoms with E-state index in [0.29, 0.717) is 16.6 Å². The molecule has 1 atom stereocenters. The topological polar surface area (TPSA) is 48.1 Å². The van der Waals surface area contributed by atoms with Crippen molar-refractivity contribution in [3.8, 4) is 5.75 Å². The lowest BCUT2D eigenvalue weighted by Gasteiger charge is -2.17. The zero-order valence-electron chi connectivity index (χ0n) is 12.0. The van der Waals surface area contributed by atoms with Crippen LogP contribution in [-0.4, -0.2) is 11.1 Å². The molecule has 0 aliphatic rings. The average molecular weight is 331 g/mol. The number of nitrogen functional groups attached to an aromatic ring is 1. The average Bonchev–Trinajstić information content (AvgIpc) is 2.47. The van der Waals surface area contributed by atoms with Gasteiger partial charge in [-0.15, -0.1) is 0 Å². The third-order valence-corrected chi connectivity index (χ3v) is 3.43. The molecule has 1 unspecified atom stereocenters. The van der Waals surface area contributed by atoms with Gasteiger partial charge in [-0.2, -0.15) is 0 Å². The van der Waals surface area contributed by atoms with Gasteiger partial charge >= 0.3 is 0 Å². The number of allylic oxidation sites excluding steroid dienone is 4. The minimum absolute atomic E-state index is 0.308. The fourth-order valence-corrected chi connectivity index (χ4v) is 1.73. The van der Waals surface area contributed by atoms with Gasteiger partial charge in [-0.1, -0.05) is 23.2 Å². The molecule has 0 aromatic carbocycles. The molecule has 0 spiro atoms. The van der Waals surface area contributed by atoms with Gasteiger partial charge in [-0.25, -0.2) is 9.37 Å². The Hall–Kier alpha value is -1.52. The number of halogens is 3. The van der Waals surface area contributed by atoms with E-state index in [1.54, 1.807) is 19.2 Å². The van der Waals surface area contributed by atoms with E-state index >= 15 is 0 Å². The first kappa shape index (κ1) is 17.5. The zero-order chi connectivity index (χ0) is 16.0. The lowest BCUT2D eigenvalue weighted by atomic mass is 10.1. The molecule has 0 saturated carbocycles. The maximum atomic E-state index is 12.9. The molecule has 1 aromatic rings. The molecular formula is C15H17Cl2FN2O. The Morgan fingerprint density at radius 3 is 2.76 bits per heavy atom. The lowest BCUT2D eigenvalue weighted by molar-refractivity contribution is 0.257. The Bertz CT molecular complexity index is 597. The van der Waals surface area contributed by atoms with Gasteiger partial charge in [-0.3, -0.25) is 0 Å². The fourth-order valence-electron chi connectivity index (χ4n) is 1.44. The number of hydrogen-bond donors (Lipinski definition) is 1. The van der Waals surface area contributed by atoms with Crippen molar-refractivity contribution in [1.29, 1.82) is 0 Å². The minimum Gasteiger partial charge on any atom is -0.482 e. The first-order valence-corrected chi connectivity index (χ1v) is 7.05. The van der Waals surface area contributed by atoms with Crippen LogP contribution < -0.4 is 10.5 Å². The van der Waals surface area contributed by atoms with Crippen LogP contribution in [0.2, 0.25) is 0 Å². The Labute approximate surface area is 133 Å². The summed E-state index contributed by atoms with van der Waals surface area (Å²) in [6.45, 7) is 5.50. The highest BCUT2D eigenvalue weighted by molar-refractivity contribution is 6.31. The molecule has 2 N–H and O–H groups in total. The third-order valence-electron chi connectivity index (χ3n) is 2.80. The van der Waals surface area contributed by atoms with Gasteiger partial charge < -0.3 is 10.5 Å². The second-order valence-electron chi connectivity index (χ2n) is 4.51. The molecule has 114 valence electrons. The second kappa shape index (κ2) is 8.05. The van der Waals surface area contributed by atoms with E-state index in [9.17, 15) is 4.39 Å². The van der Waals surface area contributed by atoms with E-state index in [-0.39, 0.29) is 6.10 Å². The van der Waals surface area contributed by atoms with Crippen molar-refractivity contribution in [2.24, 2.45) is 0 Å². The van der Waals surface area contributed by atoms with Gasteiger partial charge in [0.2, 0.25) is 0 Å². The van der Waals surface area contributed by atoms with Gasteiger partial charge in [-0.05, 0) is 50.1 Å². The summed E-state index contributed by atoms with van der Waals surface area (Å²) in [7, 11) is 0. The van der Waals surface area contributed by atoms with Crippen LogP contribution in [0.1, 0.15) is 19.4 Å². The summed E-state index contributed by atoms with van der Waals surface area (Å²) in [5.74, 6) is 0.216. The van der Waals surface area contributed by atoms with Crippen molar-refractivity contribution < 1.29 is 9.13 Å². The maximum absolute atomic E-state index is 12.9. The first-order valence-electron chi connectivity index (χ1n) is 6.24.